The average Bonchev–Trinajstić information content (AvgIpc) is 3.34. The Kier molecular flexibility index (Phi) is 8.35. The van der Waals surface area contributed by atoms with E-state index in [4.69, 9.17) is 4.74 Å². The number of nitrogens with zero attached hydrogens (tertiary/aromatic N) is 3. The van der Waals surface area contributed by atoms with Crippen LogP contribution in [0.15, 0.2) is 42.7 Å². The SMILES string of the molecule is O=C(Nc1cc(C(F)(F)F)cc(C(F)(F)F)c1)NC(c1nsnc1OCc1ccncc1)C1CCNCC1. The van der Waals surface area contributed by atoms with E-state index in [1.165, 1.54) is 0 Å². The normalized spacial score (nSPS) is 15.6. The number of amides is 2. The molecular weight excluding hydrogens is 538 g/mol. The fourth-order valence-electron chi connectivity index (χ4n) is 4.03. The van der Waals surface area contributed by atoms with E-state index in [2.05, 4.69) is 29.7 Å². The molecule has 0 saturated carbocycles. The smallest absolute Gasteiger partial charge is 0.416 e. The van der Waals surface area contributed by atoms with Crippen molar-refractivity contribution >= 4 is 23.4 Å². The molecule has 0 aliphatic carbocycles. The third kappa shape index (κ3) is 7.10. The van der Waals surface area contributed by atoms with Gasteiger partial charge in [0.2, 0.25) is 0 Å². The summed E-state index contributed by atoms with van der Waals surface area (Å²) in [5.41, 5.74) is -2.58. The van der Waals surface area contributed by atoms with Crippen LogP contribution in [0.25, 0.3) is 0 Å². The van der Waals surface area contributed by atoms with Crippen LogP contribution in [0.4, 0.5) is 36.8 Å². The van der Waals surface area contributed by atoms with Gasteiger partial charge in [-0.3, -0.25) is 4.98 Å². The zero-order valence-corrected chi connectivity index (χ0v) is 20.4. The number of carbonyl (C=O) groups is 1. The maximum absolute atomic E-state index is 13.2. The molecular formula is C23H22F6N6O2S. The molecule has 0 bridgehead atoms. The van der Waals surface area contributed by atoms with Crippen molar-refractivity contribution in [2.45, 2.75) is 37.8 Å². The Labute approximate surface area is 217 Å². The fraction of sp³-hybridized carbons (Fsp3) is 0.391. The summed E-state index contributed by atoms with van der Waals surface area (Å²) in [5, 5.41) is 7.98. The van der Waals surface area contributed by atoms with Crippen LogP contribution in [0.5, 0.6) is 5.88 Å². The number of aromatic nitrogens is 3. The van der Waals surface area contributed by atoms with Crippen molar-refractivity contribution < 1.29 is 35.9 Å². The van der Waals surface area contributed by atoms with Gasteiger partial charge in [-0.05, 0) is 67.7 Å². The molecule has 3 heterocycles. The number of hydrogen-bond donors (Lipinski definition) is 3. The molecule has 0 spiro atoms. The van der Waals surface area contributed by atoms with Gasteiger partial charge in [0.1, 0.15) is 12.3 Å². The van der Waals surface area contributed by atoms with Gasteiger partial charge in [0, 0.05) is 18.1 Å². The van der Waals surface area contributed by atoms with Crippen LogP contribution in [-0.2, 0) is 19.0 Å². The minimum Gasteiger partial charge on any atom is -0.471 e. The Hall–Kier alpha value is -3.46. The number of halogens is 6. The number of piperidine rings is 1. The first-order valence-corrected chi connectivity index (χ1v) is 12.2. The highest BCUT2D eigenvalue weighted by molar-refractivity contribution is 6.99. The molecule has 4 rings (SSSR count). The van der Waals surface area contributed by atoms with E-state index in [-0.39, 0.29) is 24.5 Å². The molecule has 1 atom stereocenters. The number of urea groups is 1. The number of benzene rings is 1. The molecule has 1 fully saturated rings. The summed E-state index contributed by atoms with van der Waals surface area (Å²) < 4.78 is 93.6. The zero-order chi connectivity index (χ0) is 27.3. The summed E-state index contributed by atoms with van der Waals surface area (Å²) in [7, 11) is 0. The van der Waals surface area contributed by atoms with Gasteiger partial charge in [-0.1, -0.05) is 0 Å². The molecule has 1 aromatic carbocycles. The van der Waals surface area contributed by atoms with Gasteiger partial charge in [0.25, 0.3) is 5.88 Å². The lowest BCUT2D eigenvalue weighted by Gasteiger charge is -2.30. The van der Waals surface area contributed by atoms with Crippen LogP contribution >= 0.6 is 11.7 Å². The molecule has 38 heavy (non-hydrogen) atoms. The molecule has 8 nitrogen and oxygen atoms in total. The van der Waals surface area contributed by atoms with E-state index in [1.54, 1.807) is 24.5 Å². The predicted octanol–water partition coefficient (Wildman–Crippen LogP) is 5.41. The van der Waals surface area contributed by atoms with Crippen LogP contribution < -0.4 is 20.7 Å². The second-order valence-electron chi connectivity index (χ2n) is 8.56. The van der Waals surface area contributed by atoms with E-state index in [0.29, 0.717) is 43.8 Å². The molecule has 0 radical (unpaired) electrons. The lowest BCUT2D eigenvalue weighted by atomic mass is 9.88. The van der Waals surface area contributed by atoms with E-state index < -0.39 is 41.2 Å². The topological polar surface area (TPSA) is 101 Å². The Balaban J connectivity index is 1.56. The highest BCUT2D eigenvalue weighted by Crippen LogP contribution is 2.38. The molecule has 1 aliphatic rings. The summed E-state index contributed by atoms with van der Waals surface area (Å²) in [6, 6.07) is 2.64. The molecule has 1 unspecified atom stereocenters. The molecule has 2 amide bonds. The van der Waals surface area contributed by atoms with Crippen LogP contribution in [-0.4, -0.2) is 32.9 Å². The van der Waals surface area contributed by atoms with E-state index in [1.807, 2.05) is 0 Å². The second-order valence-corrected chi connectivity index (χ2v) is 9.09. The van der Waals surface area contributed by atoms with Crippen molar-refractivity contribution in [3.05, 3.63) is 65.1 Å². The minimum atomic E-state index is -5.04. The number of carbonyl (C=O) groups excluding carboxylic acids is 1. The highest BCUT2D eigenvalue weighted by Gasteiger charge is 2.37. The van der Waals surface area contributed by atoms with E-state index >= 15 is 0 Å². The van der Waals surface area contributed by atoms with Crippen molar-refractivity contribution in [3.63, 3.8) is 0 Å². The van der Waals surface area contributed by atoms with Crippen molar-refractivity contribution in [2.24, 2.45) is 5.92 Å². The van der Waals surface area contributed by atoms with Crippen LogP contribution in [0, 0.1) is 5.92 Å². The molecule has 15 heteroatoms. The summed E-state index contributed by atoms with van der Waals surface area (Å²) in [5.74, 6) is 0.0375. The van der Waals surface area contributed by atoms with Crippen molar-refractivity contribution in [3.8, 4) is 5.88 Å². The van der Waals surface area contributed by atoms with E-state index in [9.17, 15) is 31.1 Å². The van der Waals surface area contributed by atoms with Crippen LogP contribution in [0.3, 0.4) is 0 Å². The average molecular weight is 561 g/mol. The molecule has 2 aromatic heterocycles. The monoisotopic (exact) mass is 560 g/mol. The van der Waals surface area contributed by atoms with Gasteiger partial charge >= 0.3 is 18.4 Å². The Morgan fingerprint density at radius 2 is 1.66 bits per heavy atom. The first-order valence-electron chi connectivity index (χ1n) is 11.4. The van der Waals surface area contributed by atoms with Crippen molar-refractivity contribution in [1.29, 1.82) is 0 Å². The van der Waals surface area contributed by atoms with Crippen LogP contribution in [0.1, 0.15) is 41.3 Å². The zero-order valence-electron chi connectivity index (χ0n) is 19.6. The number of pyridine rings is 1. The fourth-order valence-corrected chi connectivity index (χ4v) is 4.57. The number of alkyl halides is 6. The number of hydrogen-bond acceptors (Lipinski definition) is 7. The molecule has 1 saturated heterocycles. The van der Waals surface area contributed by atoms with Crippen molar-refractivity contribution in [2.75, 3.05) is 18.4 Å². The molecule has 3 aromatic rings. The van der Waals surface area contributed by atoms with Gasteiger partial charge in [-0.25, -0.2) is 4.79 Å². The predicted molar refractivity (Wildman–Crippen MR) is 125 cm³/mol. The highest BCUT2D eigenvalue weighted by atomic mass is 32.1. The minimum absolute atomic E-state index is 0.00568. The lowest BCUT2D eigenvalue weighted by molar-refractivity contribution is -0.143. The number of anilines is 1. The summed E-state index contributed by atoms with van der Waals surface area (Å²) in [6.45, 7) is 1.45. The molecule has 204 valence electrons. The third-order valence-electron chi connectivity index (χ3n) is 5.89. The Morgan fingerprint density at radius 1 is 1.03 bits per heavy atom. The first-order chi connectivity index (χ1) is 18.0. The molecule has 3 N–H and O–H groups in total. The van der Waals surface area contributed by atoms with Gasteiger partial charge < -0.3 is 20.7 Å². The maximum Gasteiger partial charge on any atom is 0.416 e. The van der Waals surface area contributed by atoms with Gasteiger partial charge in [-0.2, -0.15) is 30.7 Å². The summed E-state index contributed by atoms with van der Waals surface area (Å²) >= 11 is 0.859. The lowest BCUT2D eigenvalue weighted by Crippen LogP contribution is -2.41. The van der Waals surface area contributed by atoms with Gasteiger partial charge in [0.05, 0.1) is 28.9 Å². The summed E-state index contributed by atoms with van der Waals surface area (Å²) in [4.78, 5) is 16.8. The summed E-state index contributed by atoms with van der Waals surface area (Å²) in [6.07, 6.45) is -5.62. The number of ether oxygens (including phenoxy) is 1. The maximum atomic E-state index is 13.2. The largest absolute Gasteiger partial charge is 0.471 e. The second kappa shape index (κ2) is 11.5. The Bertz CT molecular complexity index is 1200. The number of nitrogens with one attached hydrogen (secondary N) is 3. The van der Waals surface area contributed by atoms with Crippen LogP contribution in [0.2, 0.25) is 0 Å². The van der Waals surface area contributed by atoms with Gasteiger partial charge in [-0.15, -0.1) is 4.37 Å². The first kappa shape index (κ1) is 27.6. The van der Waals surface area contributed by atoms with E-state index in [0.717, 1.165) is 17.3 Å². The Morgan fingerprint density at radius 3 is 2.26 bits per heavy atom. The third-order valence-corrected chi connectivity index (χ3v) is 6.41. The standard InChI is InChI=1S/C23H22F6N6O2S/c24-22(25,26)15-9-16(23(27,28)29)11-17(10-15)32-21(36)33-18(14-3-7-31-8-4-14)19-20(35-38-34-19)37-12-13-1-5-30-6-2-13/h1-2,5-6,9-11,14,18,31H,3-4,7-8,12H2,(H2,32,33,36). The quantitative estimate of drug-likeness (QED) is 0.334. The van der Waals surface area contributed by atoms with Gasteiger partial charge in [0.15, 0.2) is 0 Å². The van der Waals surface area contributed by atoms with Crippen molar-refractivity contribution in [1.82, 2.24) is 24.4 Å². The number of rotatable bonds is 7. The molecule has 1 aliphatic heterocycles.